The maximum absolute atomic E-state index is 5.67. The molecular weight excluding hydrogens is 244 g/mol. The van der Waals surface area contributed by atoms with Crippen molar-refractivity contribution in [2.24, 2.45) is 0 Å². The first-order valence-corrected chi connectivity index (χ1v) is 7.18. The molecule has 1 nitrogen and oxygen atoms in total. The zero-order chi connectivity index (χ0) is 13.1. The molecule has 0 saturated heterocycles. The number of alkyl halides is 1. The van der Waals surface area contributed by atoms with Gasteiger partial charge < -0.3 is 4.74 Å². The summed E-state index contributed by atoms with van der Waals surface area (Å²) < 4.78 is 5.67. The first-order chi connectivity index (χ1) is 8.86. The number of rotatable bonds is 7. The lowest BCUT2D eigenvalue weighted by Gasteiger charge is -2.05. The molecule has 0 unspecified atom stereocenters. The first kappa shape index (κ1) is 14.9. The van der Waals surface area contributed by atoms with E-state index < -0.39 is 0 Å². The molecule has 0 fully saturated rings. The van der Waals surface area contributed by atoms with Gasteiger partial charge >= 0.3 is 0 Å². The summed E-state index contributed by atoms with van der Waals surface area (Å²) in [5.41, 5.74) is 0.978. The summed E-state index contributed by atoms with van der Waals surface area (Å²) in [6.45, 7) is 3.03. The van der Waals surface area contributed by atoms with E-state index in [0.717, 1.165) is 24.3 Å². The SMILES string of the molecule is CCCCCCCOc1ccc(C#CCCl)cc1. The van der Waals surface area contributed by atoms with Crippen LogP contribution in [0.5, 0.6) is 5.75 Å². The largest absolute Gasteiger partial charge is 0.494 e. The molecule has 1 aromatic carbocycles. The highest BCUT2D eigenvalue weighted by atomic mass is 35.5. The predicted octanol–water partition coefficient (Wildman–Crippen LogP) is 4.63. The van der Waals surface area contributed by atoms with Gasteiger partial charge in [-0.3, -0.25) is 0 Å². The van der Waals surface area contributed by atoms with E-state index in [1.807, 2.05) is 24.3 Å². The van der Waals surface area contributed by atoms with E-state index in [1.165, 1.54) is 25.7 Å². The third-order valence-electron chi connectivity index (χ3n) is 2.67. The molecule has 0 aliphatic heterocycles. The summed E-state index contributed by atoms with van der Waals surface area (Å²) in [5, 5.41) is 0. The molecule has 0 N–H and O–H groups in total. The van der Waals surface area contributed by atoms with Crippen LogP contribution in [-0.2, 0) is 0 Å². The summed E-state index contributed by atoms with van der Waals surface area (Å²) in [4.78, 5) is 0. The lowest BCUT2D eigenvalue weighted by molar-refractivity contribution is 0.304. The Labute approximate surface area is 115 Å². The van der Waals surface area contributed by atoms with Crippen molar-refractivity contribution in [2.75, 3.05) is 12.5 Å². The quantitative estimate of drug-likeness (QED) is 0.396. The zero-order valence-corrected chi connectivity index (χ0v) is 11.8. The van der Waals surface area contributed by atoms with E-state index >= 15 is 0 Å². The standard InChI is InChI=1S/C16H21ClO/c1-2-3-4-5-6-14-18-16-11-9-15(10-12-16)8-7-13-17/h9-12H,2-6,13-14H2,1H3. The van der Waals surface area contributed by atoms with Crippen molar-refractivity contribution in [1.29, 1.82) is 0 Å². The Hall–Kier alpha value is -1.13. The second kappa shape index (κ2) is 9.85. The summed E-state index contributed by atoms with van der Waals surface area (Å²) >= 11 is 5.51. The van der Waals surface area contributed by atoms with Gasteiger partial charge in [0.15, 0.2) is 0 Å². The molecule has 0 aliphatic rings. The van der Waals surface area contributed by atoms with Crippen LogP contribution in [0, 0.1) is 11.8 Å². The van der Waals surface area contributed by atoms with Gasteiger partial charge in [-0.2, -0.15) is 0 Å². The van der Waals surface area contributed by atoms with E-state index in [2.05, 4.69) is 18.8 Å². The van der Waals surface area contributed by atoms with Gasteiger partial charge in [-0.15, -0.1) is 11.6 Å². The van der Waals surface area contributed by atoms with Gasteiger partial charge in [0, 0.05) is 5.56 Å². The fourth-order valence-electron chi connectivity index (χ4n) is 1.67. The van der Waals surface area contributed by atoms with Crippen LogP contribution < -0.4 is 4.74 Å². The molecule has 2 heteroatoms. The Balaban J connectivity index is 2.22. The second-order valence-electron chi connectivity index (χ2n) is 4.22. The number of ether oxygens (including phenoxy) is 1. The fourth-order valence-corrected chi connectivity index (χ4v) is 1.73. The number of hydrogen-bond donors (Lipinski definition) is 0. The van der Waals surface area contributed by atoms with E-state index in [-0.39, 0.29) is 0 Å². The third-order valence-corrected chi connectivity index (χ3v) is 2.80. The Bertz CT molecular complexity index is 372. The van der Waals surface area contributed by atoms with E-state index in [9.17, 15) is 0 Å². The highest BCUT2D eigenvalue weighted by molar-refractivity contribution is 6.19. The molecule has 0 aliphatic carbocycles. The number of hydrogen-bond acceptors (Lipinski definition) is 1. The van der Waals surface area contributed by atoms with Crippen molar-refractivity contribution in [3.05, 3.63) is 29.8 Å². The summed E-state index contributed by atoms with van der Waals surface area (Å²) in [6.07, 6.45) is 6.31. The fraction of sp³-hybridized carbons (Fsp3) is 0.500. The van der Waals surface area contributed by atoms with Gasteiger partial charge in [-0.1, -0.05) is 44.4 Å². The number of unbranched alkanes of at least 4 members (excludes halogenated alkanes) is 4. The van der Waals surface area contributed by atoms with Gasteiger partial charge in [-0.05, 0) is 30.7 Å². The molecular formula is C16H21ClO. The normalized spacial score (nSPS) is 9.67. The van der Waals surface area contributed by atoms with Gasteiger partial charge in [0.2, 0.25) is 0 Å². The van der Waals surface area contributed by atoms with Crippen molar-refractivity contribution in [2.45, 2.75) is 39.0 Å². The lowest BCUT2D eigenvalue weighted by Crippen LogP contribution is -1.97. The van der Waals surface area contributed by atoms with Gasteiger partial charge in [-0.25, -0.2) is 0 Å². The molecule has 0 spiro atoms. The molecule has 98 valence electrons. The topological polar surface area (TPSA) is 9.23 Å². The van der Waals surface area contributed by atoms with E-state index in [1.54, 1.807) is 0 Å². The van der Waals surface area contributed by atoms with Gasteiger partial charge in [0.05, 0.1) is 12.5 Å². The molecule has 1 aromatic rings. The molecule has 0 amide bonds. The van der Waals surface area contributed by atoms with Crippen LogP contribution in [0.3, 0.4) is 0 Å². The number of halogens is 1. The molecule has 1 rings (SSSR count). The number of benzene rings is 1. The second-order valence-corrected chi connectivity index (χ2v) is 4.49. The average Bonchev–Trinajstić information content (AvgIpc) is 2.42. The van der Waals surface area contributed by atoms with Crippen LogP contribution in [0.4, 0.5) is 0 Å². The molecule has 18 heavy (non-hydrogen) atoms. The summed E-state index contributed by atoms with van der Waals surface area (Å²) in [7, 11) is 0. The molecule has 0 aromatic heterocycles. The van der Waals surface area contributed by atoms with E-state index in [0.29, 0.717) is 5.88 Å². The Morgan fingerprint density at radius 2 is 1.78 bits per heavy atom. The van der Waals surface area contributed by atoms with E-state index in [4.69, 9.17) is 16.3 Å². The molecule has 0 bridgehead atoms. The van der Waals surface area contributed by atoms with Crippen molar-refractivity contribution >= 4 is 11.6 Å². The first-order valence-electron chi connectivity index (χ1n) is 6.64. The van der Waals surface area contributed by atoms with Crippen molar-refractivity contribution in [3.8, 4) is 17.6 Å². The van der Waals surface area contributed by atoms with Gasteiger partial charge in [0.25, 0.3) is 0 Å². The lowest BCUT2D eigenvalue weighted by atomic mass is 10.2. The molecule has 0 radical (unpaired) electrons. The Kier molecular flexibility index (Phi) is 8.17. The van der Waals surface area contributed by atoms with Crippen molar-refractivity contribution in [3.63, 3.8) is 0 Å². The van der Waals surface area contributed by atoms with Crippen molar-refractivity contribution < 1.29 is 4.74 Å². The van der Waals surface area contributed by atoms with Crippen LogP contribution in [-0.4, -0.2) is 12.5 Å². The molecule has 0 heterocycles. The zero-order valence-electron chi connectivity index (χ0n) is 11.0. The van der Waals surface area contributed by atoms with Crippen LogP contribution in [0.15, 0.2) is 24.3 Å². The van der Waals surface area contributed by atoms with Crippen molar-refractivity contribution in [1.82, 2.24) is 0 Å². The van der Waals surface area contributed by atoms with Crippen LogP contribution in [0.2, 0.25) is 0 Å². The minimum absolute atomic E-state index is 0.371. The van der Waals surface area contributed by atoms with Crippen LogP contribution in [0.1, 0.15) is 44.6 Å². The van der Waals surface area contributed by atoms with Gasteiger partial charge in [0.1, 0.15) is 5.75 Å². The van der Waals surface area contributed by atoms with Crippen LogP contribution >= 0.6 is 11.6 Å². The molecule has 0 saturated carbocycles. The third kappa shape index (κ3) is 6.57. The van der Waals surface area contributed by atoms with Crippen LogP contribution in [0.25, 0.3) is 0 Å². The Morgan fingerprint density at radius 1 is 1.06 bits per heavy atom. The summed E-state index contributed by atoms with van der Waals surface area (Å²) in [6, 6.07) is 7.85. The monoisotopic (exact) mass is 264 g/mol. The predicted molar refractivity (Wildman–Crippen MR) is 78.3 cm³/mol. The average molecular weight is 265 g/mol. The minimum atomic E-state index is 0.371. The maximum Gasteiger partial charge on any atom is 0.119 e. The maximum atomic E-state index is 5.67. The summed E-state index contributed by atoms with van der Waals surface area (Å²) in [5.74, 6) is 7.09. The minimum Gasteiger partial charge on any atom is -0.494 e. The highest BCUT2D eigenvalue weighted by Crippen LogP contribution is 2.12. The smallest absolute Gasteiger partial charge is 0.119 e. The Morgan fingerprint density at radius 3 is 2.44 bits per heavy atom. The highest BCUT2D eigenvalue weighted by Gasteiger charge is 1.94. The molecule has 0 atom stereocenters.